The highest BCUT2D eigenvalue weighted by Crippen LogP contribution is 2.16. The molecule has 3 aromatic heterocycles. The summed E-state index contributed by atoms with van der Waals surface area (Å²) in [5.74, 6) is 0. The van der Waals surface area contributed by atoms with E-state index in [0.29, 0.717) is 27.9 Å². The van der Waals surface area contributed by atoms with Crippen LogP contribution < -0.4 is 16.8 Å². The molecule has 0 fully saturated rings. The van der Waals surface area contributed by atoms with Crippen LogP contribution in [0.1, 0.15) is 11.1 Å². The van der Waals surface area contributed by atoms with Crippen LogP contribution in [0.2, 0.25) is 0 Å². The maximum absolute atomic E-state index is 13.1. The maximum Gasteiger partial charge on any atom is 0.267 e. The number of aromatic nitrogens is 3. The highest BCUT2D eigenvalue weighted by atomic mass is 32.1. The van der Waals surface area contributed by atoms with Crippen molar-refractivity contribution in [2.45, 2.75) is 6.92 Å². The second-order valence-corrected chi connectivity index (χ2v) is 6.42. The quantitative estimate of drug-likeness (QED) is 0.422. The van der Waals surface area contributed by atoms with Crippen LogP contribution in [-0.4, -0.2) is 18.9 Å². The van der Waals surface area contributed by atoms with E-state index < -0.39 is 0 Å². The predicted octanol–water partition coefficient (Wildman–Crippen LogP) is 2.06. The van der Waals surface area contributed by atoms with E-state index in [9.17, 15) is 4.79 Å². The molecule has 6 nitrogen and oxygen atoms in total. The van der Waals surface area contributed by atoms with Gasteiger partial charge in [0.05, 0.1) is 10.9 Å². The lowest BCUT2D eigenvalue weighted by molar-refractivity contribution is 0.931. The number of hydrogen-bond donors (Lipinski definition) is 2. The molecule has 0 atom stereocenters. The van der Waals surface area contributed by atoms with Crippen molar-refractivity contribution in [1.82, 2.24) is 14.0 Å². The van der Waals surface area contributed by atoms with E-state index >= 15 is 0 Å². The van der Waals surface area contributed by atoms with E-state index in [0.717, 1.165) is 5.56 Å². The summed E-state index contributed by atoms with van der Waals surface area (Å²) in [5.41, 5.74) is 8.56. The Hall–Kier alpha value is -3.32. The van der Waals surface area contributed by atoms with E-state index in [1.807, 2.05) is 43.3 Å². The van der Waals surface area contributed by atoms with Gasteiger partial charge >= 0.3 is 0 Å². The van der Waals surface area contributed by atoms with E-state index in [1.54, 1.807) is 22.9 Å². The van der Waals surface area contributed by atoms with Crippen LogP contribution in [0, 0.1) is 12.3 Å². The molecule has 0 amide bonds. The SMILES string of the molecule is Cc1cccn2c(=O)c3cc(C(N)=S)c(=N)n(-c4ccccc4)c3nc12. The van der Waals surface area contributed by atoms with Crippen LogP contribution in [0.25, 0.3) is 22.4 Å². The first-order chi connectivity index (χ1) is 12.5. The molecule has 4 aromatic rings. The fraction of sp³-hybridized carbons (Fsp3) is 0.0526. The molecule has 0 spiro atoms. The fourth-order valence-corrected chi connectivity index (χ4v) is 3.21. The molecule has 0 aliphatic carbocycles. The Kier molecular flexibility index (Phi) is 3.66. The molecule has 7 heteroatoms. The summed E-state index contributed by atoms with van der Waals surface area (Å²) in [5, 5.41) is 8.93. The van der Waals surface area contributed by atoms with Gasteiger partial charge in [-0.25, -0.2) is 4.98 Å². The molecule has 0 radical (unpaired) electrons. The third kappa shape index (κ3) is 2.33. The van der Waals surface area contributed by atoms with Crippen LogP contribution in [0.15, 0.2) is 59.5 Å². The number of benzene rings is 1. The molecule has 0 saturated heterocycles. The minimum absolute atomic E-state index is 0.0651. The van der Waals surface area contributed by atoms with Crippen molar-refractivity contribution >= 4 is 33.9 Å². The first-order valence-electron chi connectivity index (χ1n) is 7.96. The number of thiocarbonyl (C=S) groups is 1. The molecule has 3 N–H and O–H groups in total. The van der Waals surface area contributed by atoms with Crippen molar-refractivity contribution in [3.63, 3.8) is 0 Å². The number of nitrogens with zero attached hydrogens (tertiary/aromatic N) is 3. The minimum Gasteiger partial charge on any atom is -0.389 e. The Labute approximate surface area is 153 Å². The number of para-hydroxylation sites is 1. The normalized spacial score (nSPS) is 11.1. The van der Waals surface area contributed by atoms with Crippen LogP contribution >= 0.6 is 12.2 Å². The van der Waals surface area contributed by atoms with Gasteiger partial charge in [-0.05, 0) is 36.8 Å². The van der Waals surface area contributed by atoms with Crippen molar-refractivity contribution in [3.8, 4) is 5.69 Å². The van der Waals surface area contributed by atoms with E-state index in [4.69, 9.17) is 28.3 Å². The third-order valence-electron chi connectivity index (χ3n) is 4.32. The summed E-state index contributed by atoms with van der Waals surface area (Å²) in [6.45, 7) is 1.89. The zero-order chi connectivity index (χ0) is 18.4. The molecule has 26 heavy (non-hydrogen) atoms. The standard InChI is InChI=1S/C19H15N5OS/c1-11-6-5-9-23-17(11)22-18-14(19(23)25)10-13(16(21)26)15(20)24(18)12-7-3-2-4-8-12/h2-10,20H,1H3,(H2,21,26). The summed E-state index contributed by atoms with van der Waals surface area (Å²) in [6.07, 6.45) is 1.68. The van der Waals surface area contributed by atoms with Crippen LogP contribution in [0.4, 0.5) is 0 Å². The summed E-state index contributed by atoms with van der Waals surface area (Å²) in [7, 11) is 0. The van der Waals surface area contributed by atoms with Crippen molar-refractivity contribution < 1.29 is 0 Å². The number of aryl methyl sites for hydroxylation is 1. The smallest absolute Gasteiger partial charge is 0.267 e. The molecule has 1 aromatic carbocycles. The van der Waals surface area contributed by atoms with E-state index in [1.165, 1.54) is 4.40 Å². The average molecular weight is 361 g/mol. The van der Waals surface area contributed by atoms with Crippen LogP contribution in [0.3, 0.4) is 0 Å². The number of nitrogens with one attached hydrogen (secondary N) is 1. The summed E-state index contributed by atoms with van der Waals surface area (Å²) < 4.78 is 3.11. The maximum atomic E-state index is 13.1. The van der Waals surface area contributed by atoms with Gasteiger partial charge in [0.15, 0.2) is 5.65 Å². The van der Waals surface area contributed by atoms with Crippen molar-refractivity contribution in [3.05, 3.63) is 81.7 Å². The number of rotatable bonds is 2. The summed E-state index contributed by atoms with van der Waals surface area (Å²) in [4.78, 5) is 17.8. The second kappa shape index (κ2) is 5.89. The monoisotopic (exact) mass is 361 g/mol. The first kappa shape index (κ1) is 16.2. The Morgan fingerprint density at radius 3 is 2.58 bits per heavy atom. The molecular formula is C19H15N5OS. The lowest BCUT2D eigenvalue weighted by Crippen LogP contribution is -2.31. The van der Waals surface area contributed by atoms with Gasteiger partial charge in [-0.3, -0.25) is 19.2 Å². The zero-order valence-electron chi connectivity index (χ0n) is 13.9. The molecule has 0 saturated carbocycles. The number of hydrogen-bond acceptors (Lipinski definition) is 4. The van der Waals surface area contributed by atoms with Gasteiger partial charge in [0.2, 0.25) is 0 Å². The van der Waals surface area contributed by atoms with Crippen molar-refractivity contribution in [2.24, 2.45) is 5.73 Å². The van der Waals surface area contributed by atoms with Gasteiger partial charge in [-0.2, -0.15) is 0 Å². The molecule has 0 bridgehead atoms. The molecule has 0 aliphatic rings. The van der Waals surface area contributed by atoms with E-state index in [2.05, 4.69) is 0 Å². The van der Waals surface area contributed by atoms with Gasteiger partial charge in [-0.1, -0.05) is 36.5 Å². The zero-order valence-corrected chi connectivity index (χ0v) is 14.7. The predicted molar refractivity (Wildman–Crippen MR) is 105 cm³/mol. The van der Waals surface area contributed by atoms with Gasteiger partial charge in [0.1, 0.15) is 16.1 Å². The Morgan fingerprint density at radius 1 is 1.15 bits per heavy atom. The number of nitrogens with two attached hydrogens (primary N) is 1. The van der Waals surface area contributed by atoms with Gasteiger partial charge in [0, 0.05) is 11.9 Å². The molecule has 4 rings (SSSR count). The Morgan fingerprint density at radius 2 is 1.88 bits per heavy atom. The average Bonchev–Trinajstić information content (AvgIpc) is 2.63. The highest BCUT2D eigenvalue weighted by molar-refractivity contribution is 7.80. The van der Waals surface area contributed by atoms with Gasteiger partial charge in [0.25, 0.3) is 5.56 Å². The van der Waals surface area contributed by atoms with Gasteiger partial charge < -0.3 is 5.73 Å². The highest BCUT2D eigenvalue weighted by Gasteiger charge is 2.16. The molecule has 0 unspecified atom stereocenters. The summed E-state index contributed by atoms with van der Waals surface area (Å²) in [6, 6.07) is 14.6. The van der Waals surface area contributed by atoms with Crippen molar-refractivity contribution in [1.29, 1.82) is 5.41 Å². The largest absolute Gasteiger partial charge is 0.389 e. The molecular weight excluding hydrogens is 346 g/mol. The number of pyridine rings is 2. The van der Waals surface area contributed by atoms with Crippen LogP contribution in [0.5, 0.6) is 0 Å². The fourth-order valence-electron chi connectivity index (χ4n) is 3.05. The molecule has 0 aliphatic heterocycles. The second-order valence-electron chi connectivity index (χ2n) is 5.98. The minimum atomic E-state index is -0.226. The van der Waals surface area contributed by atoms with Gasteiger partial charge in [-0.15, -0.1) is 0 Å². The molecule has 128 valence electrons. The van der Waals surface area contributed by atoms with E-state index in [-0.39, 0.29) is 16.0 Å². The molecule has 3 heterocycles. The van der Waals surface area contributed by atoms with Crippen molar-refractivity contribution in [2.75, 3.05) is 0 Å². The first-order valence-corrected chi connectivity index (χ1v) is 8.37. The van der Waals surface area contributed by atoms with Crippen LogP contribution in [-0.2, 0) is 0 Å². The third-order valence-corrected chi connectivity index (χ3v) is 4.54. The Bertz CT molecular complexity index is 1310. The lowest BCUT2D eigenvalue weighted by atomic mass is 10.2. The summed E-state index contributed by atoms with van der Waals surface area (Å²) >= 11 is 5.10. The topological polar surface area (TPSA) is 89.2 Å². The number of fused-ring (bicyclic) bond motifs is 2. The Balaban J connectivity index is 2.31. The lowest BCUT2D eigenvalue weighted by Gasteiger charge is -2.14.